The molecule has 2 unspecified atom stereocenters. The number of rotatable bonds is 3. The van der Waals surface area contributed by atoms with Crippen LogP contribution in [0.2, 0.25) is 0 Å². The summed E-state index contributed by atoms with van der Waals surface area (Å²) in [7, 11) is 1.76. The third kappa shape index (κ3) is 2.11. The second kappa shape index (κ2) is 4.70. The zero-order chi connectivity index (χ0) is 11.5. The van der Waals surface area contributed by atoms with Crippen LogP contribution in [0.1, 0.15) is 24.8 Å². The lowest BCUT2D eigenvalue weighted by molar-refractivity contribution is 0.101. The van der Waals surface area contributed by atoms with E-state index in [4.69, 9.17) is 10.5 Å². The van der Waals surface area contributed by atoms with Crippen molar-refractivity contribution in [1.29, 1.82) is 0 Å². The van der Waals surface area contributed by atoms with Gasteiger partial charge in [-0.15, -0.1) is 0 Å². The van der Waals surface area contributed by atoms with Crippen molar-refractivity contribution in [2.45, 2.75) is 38.3 Å². The Balaban J connectivity index is 2.11. The van der Waals surface area contributed by atoms with Gasteiger partial charge in [-0.2, -0.15) is 0 Å². The Morgan fingerprint density at radius 2 is 2.31 bits per heavy atom. The van der Waals surface area contributed by atoms with Crippen LogP contribution >= 0.6 is 0 Å². The topological polar surface area (TPSA) is 60.2 Å². The largest absolute Gasteiger partial charge is 0.396 e. The van der Waals surface area contributed by atoms with E-state index in [0.29, 0.717) is 6.04 Å². The zero-order valence-electron chi connectivity index (χ0n) is 9.86. The lowest BCUT2D eigenvalue weighted by atomic mass is 10.2. The van der Waals surface area contributed by atoms with Gasteiger partial charge >= 0.3 is 0 Å². The lowest BCUT2D eigenvalue weighted by Crippen LogP contribution is -2.30. The molecule has 0 bridgehead atoms. The van der Waals surface area contributed by atoms with Crippen LogP contribution in [0.3, 0.4) is 0 Å². The van der Waals surface area contributed by atoms with Crippen LogP contribution in [-0.4, -0.2) is 24.2 Å². The highest BCUT2D eigenvalue weighted by molar-refractivity contribution is 5.65. The van der Waals surface area contributed by atoms with Crippen LogP contribution in [0.25, 0.3) is 0 Å². The first kappa shape index (κ1) is 11.2. The molecule has 16 heavy (non-hydrogen) atoms. The highest BCUT2D eigenvalue weighted by Crippen LogP contribution is 2.27. The van der Waals surface area contributed by atoms with E-state index in [9.17, 15) is 0 Å². The van der Waals surface area contributed by atoms with Gasteiger partial charge in [0.05, 0.1) is 17.8 Å². The molecule has 0 aromatic carbocycles. The second-order valence-corrected chi connectivity index (χ2v) is 4.35. The zero-order valence-corrected chi connectivity index (χ0v) is 9.86. The molecule has 3 N–H and O–H groups in total. The van der Waals surface area contributed by atoms with Crippen molar-refractivity contribution < 1.29 is 4.74 Å². The number of methoxy groups -OCH3 is 1. The van der Waals surface area contributed by atoms with Crippen LogP contribution in [0.5, 0.6) is 0 Å². The third-order valence-corrected chi connectivity index (χ3v) is 3.29. The summed E-state index contributed by atoms with van der Waals surface area (Å²) in [4.78, 5) is 4.28. The number of nitrogen functional groups attached to an aromatic ring is 1. The molecule has 88 valence electrons. The molecule has 4 nitrogen and oxygen atoms in total. The standard InChI is InChI=1S/C12H19N3O/c1-8-6-7-14-12(11(8)13)15-9-4-3-5-10(9)16-2/h6-7,9-10H,3-5,13H2,1-2H3,(H,14,15). The Labute approximate surface area is 96.2 Å². The number of ether oxygens (including phenoxy) is 1. The molecule has 1 aromatic rings. The van der Waals surface area contributed by atoms with Crippen molar-refractivity contribution in [2.75, 3.05) is 18.2 Å². The molecule has 2 atom stereocenters. The van der Waals surface area contributed by atoms with Gasteiger partial charge in [-0.1, -0.05) is 0 Å². The van der Waals surface area contributed by atoms with Crippen molar-refractivity contribution in [3.05, 3.63) is 17.8 Å². The Morgan fingerprint density at radius 1 is 1.50 bits per heavy atom. The van der Waals surface area contributed by atoms with E-state index in [1.807, 2.05) is 13.0 Å². The van der Waals surface area contributed by atoms with Crippen molar-refractivity contribution in [3.8, 4) is 0 Å². The van der Waals surface area contributed by atoms with Gasteiger partial charge in [-0.05, 0) is 37.8 Å². The van der Waals surface area contributed by atoms with Crippen LogP contribution in [0.4, 0.5) is 11.5 Å². The molecular weight excluding hydrogens is 202 g/mol. The van der Waals surface area contributed by atoms with E-state index in [1.165, 1.54) is 6.42 Å². The fraction of sp³-hybridized carbons (Fsp3) is 0.583. The van der Waals surface area contributed by atoms with Crippen LogP contribution in [-0.2, 0) is 4.74 Å². The summed E-state index contributed by atoms with van der Waals surface area (Å²) in [6.45, 7) is 1.99. The normalized spacial score (nSPS) is 24.6. The Hall–Kier alpha value is -1.29. The van der Waals surface area contributed by atoms with Gasteiger partial charge in [0, 0.05) is 13.3 Å². The number of anilines is 2. The molecule has 1 aliphatic carbocycles. The molecule has 0 amide bonds. The van der Waals surface area contributed by atoms with Gasteiger partial charge in [0.2, 0.25) is 0 Å². The first-order chi connectivity index (χ1) is 7.72. The maximum atomic E-state index is 5.98. The van der Waals surface area contributed by atoms with Crippen LogP contribution in [0, 0.1) is 6.92 Å². The lowest BCUT2D eigenvalue weighted by Gasteiger charge is -2.21. The number of aromatic nitrogens is 1. The van der Waals surface area contributed by atoms with Crippen LogP contribution in [0.15, 0.2) is 12.3 Å². The molecule has 0 spiro atoms. The summed E-state index contributed by atoms with van der Waals surface area (Å²) in [5.41, 5.74) is 7.78. The Bertz CT molecular complexity index is 367. The fourth-order valence-corrected chi connectivity index (χ4v) is 2.23. The first-order valence-corrected chi connectivity index (χ1v) is 5.72. The summed E-state index contributed by atoms with van der Waals surface area (Å²) in [6.07, 6.45) is 5.49. The number of nitrogens with two attached hydrogens (primary N) is 1. The molecule has 1 fully saturated rings. The maximum absolute atomic E-state index is 5.98. The highest BCUT2D eigenvalue weighted by Gasteiger charge is 2.27. The van der Waals surface area contributed by atoms with Gasteiger partial charge < -0.3 is 15.8 Å². The monoisotopic (exact) mass is 221 g/mol. The predicted molar refractivity (Wildman–Crippen MR) is 65.4 cm³/mol. The quantitative estimate of drug-likeness (QED) is 0.819. The minimum atomic E-state index is 0.279. The van der Waals surface area contributed by atoms with Gasteiger partial charge in [-0.25, -0.2) is 4.98 Å². The molecule has 1 saturated carbocycles. The Kier molecular flexibility index (Phi) is 3.29. The van der Waals surface area contributed by atoms with Gasteiger partial charge in [0.25, 0.3) is 0 Å². The summed E-state index contributed by atoms with van der Waals surface area (Å²) in [6, 6.07) is 2.25. The summed E-state index contributed by atoms with van der Waals surface area (Å²) in [5, 5.41) is 3.39. The molecule has 1 aromatic heterocycles. The van der Waals surface area contributed by atoms with Gasteiger partial charge in [-0.3, -0.25) is 0 Å². The molecule has 2 rings (SSSR count). The van der Waals surface area contributed by atoms with E-state index < -0.39 is 0 Å². The summed E-state index contributed by atoms with van der Waals surface area (Å²) >= 11 is 0. The minimum absolute atomic E-state index is 0.279. The van der Waals surface area contributed by atoms with Crippen molar-refractivity contribution in [1.82, 2.24) is 4.98 Å². The fourth-order valence-electron chi connectivity index (χ4n) is 2.23. The van der Waals surface area contributed by atoms with Crippen LogP contribution < -0.4 is 11.1 Å². The summed E-state index contributed by atoms with van der Waals surface area (Å²) in [5.74, 6) is 0.786. The van der Waals surface area contributed by atoms with E-state index in [-0.39, 0.29) is 6.10 Å². The molecule has 1 heterocycles. The van der Waals surface area contributed by atoms with Gasteiger partial charge in [0.1, 0.15) is 5.82 Å². The number of aryl methyl sites for hydroxylation is 1. The minimum Gasteiger partial charge on any atom is -0.396 e. The smallest absolute Gasteiger partial charge is 0.149 e. The molecule has 0 aliphatic heterocycles. The first-order valence-electron chi connectivity index (χ1n) is 5.72. The molecule has 0 radical (unpaired) electrons. The number of pyridine rings is 1. The van der Waals surface area contributed by atoms with Crippen molar-refractivity contribution in [2.24, 2.45) is 0 Å². The number of nitrogens with zero attached hydrogens (tertiary/aromatic N) is 1. The van der Waals surface area contributed by atoms with E-state index in [2.05, 4.69) is 10.3 Å². The molecule has 1 aliphatic rings. The van der Waals surface area contributed by atoms with E-state index >= 15 is 0 Å². The number of hydrogen-bond donors (Lipinski definition) is 2. The SMILES string of the molecule is COC1CCCC1Nc1nccc(C)c1N. The second-order valence-electron chi connectivity index (χ2n) is 4.35. The molecular formula is C12H19N3O. The highest BCUT2D eigenvalue weighted by atomic mass is 16.5. The predicted octanol–water partition coefficient (Wildman–Crippen LogP) is 1.95. The third-order valence-electron chi connectivity index (χ3n) is 3.29. The molecule has 0 saturated heterocycles. The average Bonchev–Trinajstić information content (AvgIpc) is 2.72. The van der Waals surface area contributed by atoms with E-state index in [0.717, 1.165) is 29.9 Å². The maximum Gasteiger partial charge on any atom is 0.149 e. The summed E-state index contributed by atoms with van der Waals surface area (Å²) < 4.78 is 5.43. The molecule has 4 heteroatoms. The Morgan fingerprint density at radius 3 is 3.06 bits per heavy atom. The van der Waals surface area contributed by atoms with E-state index in [1.54, 1.807) is 13.3 Å². The number of nitrogens with one attached hydrogen (secondary N) is 1. The average molecular weight is 221 g/mol. The number of hydrogen-bond acceptors (Lipinski definition) is 4. The van der Waals surface area contributed by atoms with Crippen molar-refractivity contribution >= 4 is 11.5 Å². The van der Waals surface area contributed by atoms with Gasteiger partial charge in [0.15, 0.2) is 0 Å². The van der Waals surface area contributed by atoms with Crippen molar-refractivity contribution in [3.63, 3.8) is 0 Å².